The molecule has 2 aliphatic carbocycles. The number of benzene rings is 2. The third-order valence-corrected chi connectivity index (χ3v) is 8.68. The quantitative estimate of drug-likeness (QED) is 0.432. The number of carbonyl (C=O) groups excluding carboxylic acids is 1. The Bertz CT molecular complexity index is 1510. The lowest BCUT2D eigenvalue weighted by atomic mass is 9.87. The average Bonchev–Trinajstić information content (AvgIpc) is 3.81. The molecular formula is C28H28F3N3O4S2. The van der Waals surface area contributed by atoms with Gasteiger partial charge in [0.1, 0.15) is 21.4 Å². The zero-order chi connectivity index (χ0) is 29.3. The topological polar surface area (TPSA) is 116 Å². The van der Waals surface area contributed by atoms with Crippen LogP contribution in [0.25, 0.3) is 11.1 Å². The van der Waals surface area contributed by atoms with Gasteiger partial charge in [-0.25, -0.2) is 8.42 Å². The molecule has 2 aromatic carbocycles. The number of halogens is 3. The first-order valence-corrected chi connectivity index (χ1v) is 16.1. The van der Waals surface area contributed by atoms with E-state index in [0.29, 0.717) is 41.7 Å². The summed E-state index contributed by atoms with van der Waals surface area (Å²) in [6.07, 6.45) is -0.741. The number of nitrogens with one attached hydrogen (secondary N) is 2. The van der Waals surface area contributed by atoms with E-state index in [1.165, 1.54) is 30.5 Å². The molecule has 0 aliphatic heterocycles. The molecule has 1 amide bonds. The Hall–Kier alpha value is -3.19. The van der Waals surface area contributed by atoms with E-state index in [0.717, 1.165) is 6.26 Å². The van der Waals surface area contributed by atoms with Crippen LogP contribution in [-0.4, -0.2) is 54.6 Å². The zero-order valence-electron chi connectivity index (χ0n) is 21.8. The number of nitriles is 1. The van der Waals surface area contributed by atoms with Gasteiger partial charge in [-0.2, -0.15) is 18.4 Å². The molecule has 1 unspecified atom stereocenters. The van der Waals surface area contributed by atoms with Crippen LogP contribution >= 0.6 is 0 Å². The van der Waals surface area contributed by atoms with E-state index < -0.39 is 55.6 Å². The summed E-state index contributed by atoms with van der Waals surface area (Å²) < 4.78 is 81.1. The van der Waals surface area contributed by atoms with Crippen molar-refractivity contribution in [2.24, 2.45) is 5.92 Å². The maximum Gasteiger partial charge on any atom is 0.422 e. The number of nitrogens with zero attached hydrogens (tertiary/aromatic N) is 1. The van der Waals surface area contributed by atoms with Gasteiger partial charge in [-0.05, 0) is 54.5 Å². The van der Waals surface area contributed by atoms with Crippen LogP contribution in [-0.2, 0) is 31.0 Å². The van der Waals surface area contributed by atoms with E-state index in [1.54, 1.807) is 24.3 Å². The first-order valence-electron chi connectivity index (χ1n) is 12.5. The summed E-state index contributed by atoms with van der Waals surface area (Å²) in [7, 11) is -5.11. The van der Waals surface area contributed by atoms with Crippen molar-refractivity contribution in [2.75, 3.05) is 18.3 Å². The van der Waals surface area contributed by atoms with Crippen LogP contribution in [0.3, 0.4) is 0 Å². The van der Waals surface area contributed by atoms with Gasteiger partial charge in [0, 0.05) is 34.1 Å². The Balaban J connectivity index is 1.76. The first-order chi connectivity index (χ1) is 18.7. The number of hydrogen-bond donors (Lipinski definition) is 2. The number of alkyl halides is 3. The van der Waals surface area contributed by atoms with Crippen molar-refractivity contribution in [1.29, 1.82) is 5.26 Å². The molecule has 2 aromatic rings. The highest BCUT2D eigenvalue weighted by atomic mass is 32.2. The molecule has 0 spiro atoms. The Kier molecular flexibility index (Phi) is 8.19. The summed E-state index contributed by atoms with van der Waals surface area (Å²) in [6, 6.07) is 12.3. The smallest absolute Gasteiger partial charge is 0.336 e. The van der Waals surface area contributed by atoms with Gasteiger partial charge in [0.25, 0.3) is 0 Å². The highest BCUT2D eigenvalue weighted by molar-refractivity contribution is 7.90. The highest BCUT2D eigenvalue weighted by Crippen LogP contribution is 2.41. The minimum atomic E-state index is -5.05. The van der Waals surface area contributed by atoms with Gasteiger partial charge >= 0.3 is 6.18 Å². The Morgan fingerprint density at radius 3 is 2.08 bits per heavy atom. The molecule has 7 nitrogen and oxygen atoms in total. The molecule has 2 fully saturated rings. The van der Waals surface area contributed by atoms with E-state index >= 15 is 13.2 Å². The monoisotopic (exact) mass is 591 g/mol. The number of carbonyl (C=O) groups is 1. The fraction of sp³-hybridized carbons (Fsp3) is 0.429. The van der Waals surface area contributed by atoms with Gasteiger partial charge in [0.15, 0.2) is 0 Å². The molecule has 212 valence electrons. The molecule has 0 bridgehead atoms. The largest absolute Gasteiger partial charge is 0.422 e. The van der Waals surface area contributed by atoms with Crippen molar-refractivity contribution < 1.29 is 30.6 Å². The van der Waals surface area contributed by atoms with Crippen LogP contribution in [0.2, 0.25) is 0 Å². The van der Waals surface area contributed by atoms with E-state index in [9.17, 15) is 22.7 Å². The summed E-state index contributed by atoms with van der Waals surface area (Å²) >= 11 is 0. The molecule has 2 saturated carbocycles. The average molecular weight is 592 g/mol. The molecule has 4 rings (SSSR count). The van der Waals surface area contributed by atoms with Crippen molar-refractivity contribution in [3.8, 4) is 29.0 Å². The molecule has 40 heavy (non-hydrogen) atoms. The van der Waals surface area contributed by atoms with Crippen molar-refractivity contribution in [2.45, 2.75) is 53.9 Å². The van der Waals surface area contributed by atoms with Crippen LogP contribution in [0.5, 0.6) is 0 Å². The normalized spacial score (nSPS) is 19.2. The standard InChI is InChI=1S/C28H28F3N3O4S2/c1-39(36)23-11-7-21(8-12-23)20-5-9-22(10-6-20)27(28(29,30)31,14-13-19-3-4-19)33-24(17-40(2,37)38)25(35)34-26(18-32)15-16-26/h5-12,19,24,33H,3-4,15-17H2,1-2H3,(H,34,35)/t24-,27-,39?/m0/s1. The van der Waals surface area contributed by atoms with Crippen LogP contribution in [0.15, 0.2) is 53.4 Å². The molecule has 0 aromatic heterocycles. The van der Waals surface area contributed by atoms with Gasteiger partial charge in [-0.1, -0.05) is 48.2 Å². The zero-order valence-corrected chi connectivity index (χ0v) is 23.5. The number of rotatable bonds is 9. The van der Waals surface area contributed by atoms with Gasteiger partial charge < -0.3 is 5.32 Å². The van der Waals surface area contributed by atoms with E-state index in [4.69, 9.17) is 0 Å². The van der Waals surface area contributed by atoms with Gasteiger partial charge in [0.05, 0.1) is 11.8 Å². The third-order valence-electron chi connectivity index (χ3n) is 6.81. The van der Waals surface area contributed by atoms with E-state index in [-0.39, 0.29) is 11.5 Å². The summed E-state index contributed by atoms with van der Waals surface area (Å²) in [4.78, 5) is 13.7. The lowest BCUT2D eigenvalue weighted by Crippen LogP contribution is -2.62. The van der Waals surface area contributed by atoms with Crippen LogP contribution < -0.4 is 10.6 Å². The lowest BCUT2D eigenvalue weighted by Gasteiger charge is -2.36. The van der Waals surface area contributed by atoms with Crippen LogP contribution in [0.1, 0.15) is 31.2 Å². The predicted molar refractivity (Wildman–Crippen MR) is 145 cm³/mol. The summed E-state index contributed by atoms with van der Waals surface area (Å²) in [5.74, 6) is 2.82. The number of hydrogen-bond acceptors (Lipinski definition) is 6. The summed E-state index contributed by atoms with van der Waals surface area (Å²) in [5.41, 5.74) is -3.30. The highest BCUT2D eigenvalue weighted by Gasteiger charge is 2.58. The SMILES string of the molecule is CS(=O)c1ccc(-c2ccc([C@](C#CC3CC3)(N[C@@H](CS(C)(=O)=O)C(=O)NC3(C#N)CC3)C(F)(F)F)cc2)cc1. The van der Waals surface area contributed by atoms with Crippen LogP contribution in [0.4, 0.5) is 13.2 Å². The Morgan fingerprint density at radius 2 is 1.65 bits per heavy atom. The number of amides is 1. The molecule has 2 aliphatic rings. The molecule has 3 atom stereocenters. The molecule has 0 radical (unpaired) electrons. The third kappa shape index (κ3) is 6.92. The second-order valence-electron chi connectivity index (χ2n) is 10.3. The molecular weight excluding hydrogens is 563 g/mol. The lowest BCUT2D eigenvalue weighted by molar-refractivity contribution is -0.184. The van der Waals surface area contributed by atoms with Gasteiger partial charge in [-0.15, -0.1) is 0 Å². The molecule has 2 N–H and O–H groups in total. The second-order valence-corrected chi connectivity index (χ2v) is 13.9. The van der Waals surface area contributed by atoms with Crippen molar-refractivity contribution >= 4 is 26.5 Å². The summed E-state index contributed by atoms with van der Waals surface area (Å²) in [6.45, 7) is 0. The van der Waals surface area contributed by atoms with Crippen molar-refractivity contribution in [3.63, 3.8) is 0 Å². The van der Waals surface area contributed by atoms with Crippen LogP contribution in [0, 0.1) is 29.1 Å². The maximum absolute atomic E-state index is 15.0. The van der Waals surface area contributed by atoms with Gasteiger partial charge in [-0.3, -0.25) is 14.3 Å². The Morgan fingerprint density at radius 1 is 1.10 bits per heavy atom. The maximum atomic E-state index is 15.0. The fourth-order valence-corrected chi connectivity index (χ4v) is 5.52. The Labute approximate surface area is 233 Å². The summed E-state index contributed by atoms with van der Waals surface area (Å²) in [5, 5.41) is 14.1. The first kappa shape index (κ1) is 29.8. The molecule has 0 saturated heterocycles. The second kappa shape index (κ2) is 11.0. The minimum Gasteiger partial charge on any atom is -0.336 e. The van der Waals surface area contributed by atoms with E-state index in [2.05, 4.69) is 22.5 Å². The minimum absolute atomic E-state index is 0.221. The van der Waals surface area contributed by atoms with Crippen molar-refractivity contribution in [1.82, 2.24) is 10.6 Å². The fourth-order valence-electron chi connectivity index (χ4n) is 4.16. The molecule has 0 heterocycles. The van der Waals surface area contributed by atoms with Crippen molar-refractivity contribution in [3.05, 3.63) is 54.1 Å². The number of sulfone groups is 1. The predicted octanol–water partition coefficient (Wildman–Crippen LogP) is 3.44. The van der Waals surface area contributed by atoms with Gasteiger partial charge in [0.2, 0.25) is 11.4 Å². The van der Waals surface area contributed by atoms with E-state index in [1.807, 2.05) is 6.07 Å². The molecule has 12 heteroatoms.